The first-order chi connectivity index (χ1) is 8.29. The number of hydrogen-bond donors (Lipinski definition) is 1. The van der Waals surface area contributed by atoms with Crippen LogP contribution in [0.25, 0.3) is 0 Å². The molecule has 94 valence electrons. The predicted octanol–water partition coefficient (Wildman–Crippen LogP) is 3.10. The van der Waals surface area contributed by atoms with Gasteiger partial charge in [-0.2, -0.15) is 0 Å². The van der Waals surface area contributed by atoms with Crippen LogP contribution in [0.5, 0.6) is 5.75 Å². The molecule has 1 aromatic rings. The lowest BCUT2D eigenvalue weighted by molar-refractivity contribution is 0.179. The quantitative estimate of drug-likeness (QED) is 0.819. The van der Waals surface area contributed by atoms with Gasteiger partial charge in [-0.25, -0.2) is 0 Å². The molecule has 1 saturated carbocycles. The predicted molar refractivity (Wildman–Crippen MR) is 69.4 cm³/mol. The van der Waals surface area contributed by atoms with Crippen molar-refractivity contribution in [1.29, 1.82) is 0 Å². The lowest BCUT2D eigenvalue weighted by atomic mass is 9.86. The number of rotatable bonds is 6. The highest BCUT2D eigenvalue weighted by Crippen LogP contribution is 2.28. The molecule has 0 aromatic heterocycles. The van der Waals surface area contributed by atoms with Crippen molar-refractivity contribution >= 4 is 0 Å². The highest BCUT2D eigenvalue weighted by Gasteiger charge is 2.18. The zero-order valence-electron chi connectivity index (χ0n) is 10.6. The Labute approximate surface area is 104 Å². The van der Waals surface area contributed by atoms with Crippen LogP contribution in [0.3, 0.4) is 0 Å². The molecule has 0 heterocycles. The van der Waals surface area contributed by atoms with Crippen molar-refractivity contribution in [2.75, 3.05) is 13.2 Å². The fourth-order valence-electron chi connectivity index (χ4n) is 2.18. The number of ether oxygens (including phenoxy) is 1. The molecule has 0 spiro atoms. The van der Waals surface area contributed by atoms with E-state index in [9.17, 15) is 0 Å². The Morgan fingerprint density at radius 2 is 2.18 bits per heavy atom. The maximum absolute atomic E-state index is 8.91. The Morgan fingerprint density at radius 3 is 2.82 bits per heavy atom. The molecule has 2 rings (SSSR count). The molecule has 1 aliphatic carbocycles. The molecule has 1 fully saturated rings. The van der Waals surface area contributed by atoms with Gasteiger partial charge in [0.25, 0.3) is 0 Å². The summed E-state index contributed by atoms with van der Waals surface area (Å²) in [5.74, 6) is 1.78. The highest BCUT2D eigenvalue weighted by atomic mass is 16.5. The number of aliphatic hydroxyl groups excluding tert-OH is 1. The molecule has 1 N–H and O–H groups in total. The van der Waals surface area contributed by atoms with E-state index in [-0.39, 0.29) is 6.61 Å². The number of aryl methyl sites for hydroxylation is 2. The van der Waals surface area contributed by atoms with E-state index < -0.39 is 0 Å². The first-order valence-corrected chi connectivity index (χ1v) is 6.63. The van der Waals surface area contributed by atoms with E-state index in [0.717, 1.165) is 31.1 Å². The number of aliphatic hydroxyl groups is 1. The van der Waals surface area contributed by atoms with Crippen LogP contribution in [0.2, 0.25) is 0 Å². The topological polar surface area (TPSA) is 29.5 Å². The third kappa shape index (κ3) is 3.47. The van der Waals surface area contributed by atoms with Gasteiger partial charge in [0.1, 0.15) is 5.75 Å². The van der Waals surface area contributed by atoms with Crippen LogP contribution in [0, 0.1) is 12.8 Å². The molecule has 2 heteroatoms. The van der Waals surface area contributed by atoms with Crippen molar-refractivity contribution in [1.82, 2.24) is 0 Å². The zero-order chi connectivity index (χ0) is 12.1. The molecule has 0 saturated heterocycles. The van der Waals surface area contributed by atoms with E-state index in [2.05, 4.69) is 25.1 Å². The minimum atomic E-state index is 0.246. The first-order valence-electron chi connectivity index (χ1n) is 6.63. The second-order valence-electron chi connectivity index (χ2n) is 5.05. The van der Waals surface area contributed by atoms with E-state index in [1.165, 1.54) is 30.4 Å². The van der Waals surface area contributed by atoms with Gasteiger partial charge in [0.15, 0.2) is 0 Å². The molecule has 0 radical (unpaired) electrons. The van der Waals surface area contributed by atoms with Gasteiger partial charge < -0.3 is 9.84 Å². The Balaban J connectivity index is 1.97. The Hall–Kier alpha value is -1.02. The van der Waals surface area contributed by atoms with Crippen LogP contribution < -0.4 is 4.74 Å². The summed E-state index contributed by atoms with van der Waals surface area (Å²) in [6.07, 6.45) is 5.70. The van der Waals surface area contributed by atoms with Gasteiger partial charge in [-0.15, -0.1) is 0 Å². The third-order valence-electron chi connectivity index (χ3n) is 3.52. The Morgan fingerprint density at radius 1 is 1.35 bits per heavy atom. The van der Waals surface area contributed by atoms with Crippen molar-refractivity contribution in [2.24, 2.45) is 5.92 Å². The normalized spacial score (nSPS) is 15.6. The summed E-state index contributed by atoms with van der Waals surface area (Å²) in [7, 11) is 0. The van der Waals surface area contributed by atoms with Gasteiger partial charge >= 0.3 is 0 Å². The lowest BCUT2D eigenvalue weighted by Crippen LogP contribution is -2.19. The molecule has 0 atom stereocenters. The van der Waals surface area contributed by atoms with Crippen LogP contribution >= 0.6 is 0 Å². The standard InChI is InChI=1S/C15H22O2/c1-12-7-8-15(14(10-12)6-3-9-16)17-11-13-4-2-5-13/h7-8,10,13,16H,2-6,9,11H2,1H3. The monoisotopic (exact) mass is 234 g/mol. The van der Waals surface area contributed by atoms with E-state index in [4.69, 9.17) is 9.84 Å². The van der Waals surface area contributed by atoms with Crippen LogP contribution in [0.4, 0.5) is 0 Å². The van der Waals surface area contributed by atoms with E-state index >= 15 is 0 Å². The average molecular weight is 234 g/mol. The van der Waals surface area contributed by atoms with Crippen LogP contribution in [0.1, 0.15) is 36.8 Å². The van der Waals surface area contributed by atoms with Crippen molar-refractivity contribution in [3.05, 3.63) is 29.3 Å². The first kappa shape index (κ1) is 12.4. The highest BCUT2D eigenvalue weighted by molar-refractivity contribution is 5.37. The largest absolute Gasteiger partial charge is 0.493 e. The van der Waals surface area contributed by atoms with Gasteiger partial charge in [-0.05, 0) is 50.2 Å². The van der Waals surface area contributed by atoms with Crippen molar-refractivity contribution in [3.8, 4) is 5.75 Å². The second kappa shape index (κ2) is 6.06. The summed E-state index contributed by atoms with van der Waals surface area (Å²) in [4.78, 5) is 0. The Kier molecular flexibility index (Phi) is 4.43. The smallest absolute Gasteiger partial charge is 0.122 e. The lowest BCUT2D eigenvalue weighted by Gasteiger charge is -2.25. The van der Waals surface area contributed by atoms with Gasteiger partial charge in [-0.3, -0.25) is 0 Å². The molecule has 2 nitrogen and oxygen atoms in total. The maximum Gasteiger partial charge on any atom is 0.122 e. The maximum atomic E-state index is 8.91. The van der Waals surface area contributed by atoms with E-state index in [1.54, 1.807) is 0 Å². The third-order valence-corrected chi connectivity index (χ3v) is 3.52. The van der Waals surface area contributed by atoms with Crippen molar-refractivity contribution in [2.45, 2.75) is 39.0 Å². The van der Waals surface area contributed by atoms with Gasteiger partial charge in [-0.1, -0.05) is 24.1 Å². The molecule has 0 unspecified atom stereocenters. The minimum absolute atomic E-state index is 0.246. The molecule has 0 amide bonds. The molecule has 17 heavy (non-hydrogen) atoms. The fourth-order valence-corrected chi connectivity index (χ4v) is 2.18. The minimum Gasteiger partial charge on any atom is -0.493 e. The summed E-state index contributed by atoms with van der Waals surface area (Å²) in [6.45, 7) is 3.20. The van der Waals surface area contributed by atoms with E-state index in [1.807, 2.05) is 0 Å². The van der Waals surface area contributed by atoms with Gasteiger partial charge in [0, 0.05) is 6.61 Å². The Bertz CT molecular complexity index is 356. The summed E-state index contributed by atoms with van der Waals surface area (Å²) in [5, 5.41) is 8.91. The SMILES string of the molecule is Cc1ccc(OCC2CCC2)c(CCCO)c1. The molecular weight excluding hydrogens is 212 g/mol. The van der Waals surface area contributed by atoms with Crippen molar-refractivity contribution < 1.29 is 9.84 Å². The summed E-state index contributed by atoms with van der Waals surface area (Å²) < 4.78 is 5.91. The zero-order valence-corrected chi connectivity index (χ0v) is 10.6. The summed E-state index contributed by atoms with van der Waals surface area (Å²) >= 11 is 0. The second-order valence-corrected chi connectivity index (χ2v) is 5.05. The van der Waals surface area contributed by atoms with Crippen LogP contribution in [-0.4, -0.2) is 18.3 Å². The summed E-state index contributed by atoms with van der Waals surface area (Å²) in [5.41, 5.74) is 2.49. The number of hydrogen-bond acceptors (Lipinski definition) is 2. The van der Waals surface area contributed by atoms with Crippen LogP contribution in [0.15, 0.2) is 18.2 Å². The van der Waals surface area contributed by atoms with E-state index in [0.29, 0.717) is 0 Å². The average Bonchev–Trinajstić information content (AvgIpc) is 2.26. The molecule has 0 aliphatic heterocycles. The number of benzene rings is 1. The molecule has 1 aromatic carbocycles. The fraction of sp³-hybridized carbons (Fsp3) is 0.600. The van der Waals surface area contributed by atoms with Crippen molar-refractivity contribution in [3.63, 3.8) is 0 Å². The molecular formula is C15H22O2. The molecule has 1 aliphatic rings. The molecule has 0 bridgehead atoms. The van der Waals surface area contributed by atoms with Gasteiger partial charge in [0.2, 0.25) is 0 Å². The summed E-state index contributed by atoms with van der Waals surface area (Å²) in [6, 6.07) is 6.34. The van der Waals surface area contributed by atoms with Gasteiger partial charge in [0.05, 0.1) is 6.61 Å². The van der Waals surface area contributed by atoms with Crippen LogP contribution in [-0.2, 0) is 6.42 Å².